The number of rotatable bonds is 6. The summed E-state index contributed by atoms with van der Waals surface area (Å²) < 4.78 is 0. The molecule has 4 heteroatoms. The van der Waals surface area contributed by atoms with Gasteiger partial charge in [0, 0.05) is 18.8 Å². The molecule has 2 aromatic rings. The maximum atomic E-state index is 10.2. The highest BCUT2D eigenvalue weighted by atomic mass is 35.5. The lowest BCUT2D eigenvalue weighted by molar-refractivity contribution is 0.154. The van der Waals surface area contributed by atoms with Gasteiger partial charge in [0.25, 0.3) is 0 Å². The van der Waals surface area contributed by atoms with Crippen LogP contribution >= 0.6 is 11.6 Å². The zero-order valence-electron chi connectivity index (χ0n) is 11.5. The number of benzene rings is 1. The van der Waals surface area contributed by atoms with E-state index in [-0.39, 0.29) is 6.04 Å². The van der Waals surface area contributed by atoms with E-state index in [4.69, 9.17) is 11.6 Å². The van der Waals surface area contributed by atoms with Gasteiger partial charge in [0.1, 0.15) is 5.15 Å². The first kappa shape index (κ1) is 15.0. The van der Waals surface area contributed by atoms with Crippen molar-refractivity contribution in [3.63, 3.8) is 0 Å². The predicted molar refractivity (Wildman–Crippen MR) is 81.6 cm³/mol. The second kappa shape index (κ2) is 7.39. The van der Waals surface area contributed by atoms with Crippen LogP contribution in [-0.4, -0.2) is 16.1 Å². The minimum Gasteiger partial charge on any atom is -0.388 e. The van der Waals surface area contributed by atoms with Crippen molar-refractivity contribution in [2.75, 3.05) is 0 Å². The lowest BCUT2D eigenvalue weighted by atomic mass is 10.0. The number of hydrogen-bond acceptors (Lipinski definition) is 3. The van der Waals surface area contributed by atoms with Crippen LogP contribution < -0.4 is 5.32 Å². The molecular weight excluding hydrogens is 272 g/mol. The van der Waals surface area contributed by atoms with Crippen LogP contribution in [0.4, 0.5) is 0 Å². The Morgan fingerprint density at radius 1 is 1.20 bits per heavy atom. The smallest absolute Gasteiger partial charge is 0.129 e. The Bertz CT molecular complexity index is 516. The minimum absolute atomic E-state index is 0.209. The van der Waals surface area contributed by atoms with Gasteiger partial charge in [-0.05, 0) is 30.5 Å². The Kier molecular flexibility index (Phi) is 5.53. The highest BCUT2D eigenvalue weighted by Crippen LogP contribution is 2.17. The van der Waals surface area contributed by atoms with Gasteiger partial charge in [0.2, 0.25) is 0 Å². The Labute approximate surface area is 124 Å². The number of pyridine rings is 1. The SMILES string of the molecule is CC(CC(O)c1ccccc1)NCc1ccc(Cl)nc1. The van der Waals surface area contributed by atoms with Gasteiger partial charge >= 0.3 is 0 Å². The van der Waals surface area contributed by atoms with Crippen molar-refractivity contribution in [3.05, 3.63) is 64.9 Å². The van der Waals surface area contributed by atoms with Crippen LogP contribution in [0.25, 0.3) is 0 Å². The summed E-state index contributed by atoms with van der Waals surface area (Å²) in [5.74, 6) is 0. The molecule has 0 aliphatic carbocycles. The minimum atomic E-state index is -0.443. The monoisotopic (exact) mass is 290 g/mol. The molecule has 0 spiro atoms. The van der Waals surface area contributed by atoms with Crippen molar-refractivity contribution in [1.29, 1.82) is 0 Å². The quantitative estimate of drug-likeness (QED) is 0.802. The molecule has 0 saturated heterocycles. The Balaban J connectivity index is 1.80. The van der Waals surface area contributed by atoms with Gasteiger partial charge in [0.05, 0.1) is 6.10 Å². The second-order valence-corrected chi connectivity index (χ2v) is 5.32. The number of halogens is 1. The third-order valence-corrected chi connectivity index (χ3v) is 3.43. The van der Waals surface area contributed by atoms with Crippen molar-refractivity contribution < 1.29 is 5.11 Å². The van der Waals surface area contributed by atoms with Crippen molar-refractivity contribution in [2.24, 2.45) is 0 Å². The standard InChI is InChI=1S/C16H19ClN2O/c1-12(9-15(20)14-5-3-2-4-6-14)18-10-13-7-8-16(17)19-11-13/h2-8,11-12,15,18,20H,9-10H2,1H3. The Morgan fingerprint density at radius 2 is 1.95 bits per heavy atom. The van der Waals surface area contributed by atoms with Gasteiger partial charge in [-0.25, -0.2) is 4.98 Å². The summed E-state index contributed by atoms with van der Waals surface area (Å²) in [5.41, 5.74) is 2.03. The summed E-state index contributed by atoms with van der Waals surface area (Å²) in [6, 6.07) is 13.7. The van der Waals surface area contributed by atoms with Crippen molar-refractivity contribution in [2.45, 2.75) is 32.0 Å². The van der Waals surface area contributed by atoms with E-state index in [1.807, 2.05) is 36.4 Å². The lowest BCUT2D eigenvalue weighted by Crippen LogP contribution is -2.27. The molecular formula is C16H19ClN2O. The van der Waals surface area contributed by atoms with E-state index in [0.717, 1.165) is 11.1 Å². The molecule has 0 amide bonds. The van der Waals surface area contributed by atoms with Crippen LogP contribution in [0.5, 0.6) is 0 Å². The summed E-state index contributed by atoms with van der Waals surface area (Å²) >= 11 is 5.75. The number of hydrogen-bond donors (Lipinski definition) is 2. The van der Waals surface area contributed by atoms with Gasteiger partial charge in [-0.2, -0.15) is 0 Å². The molecule has 2 rings (SSSR count). The van der Waals surface area contributed by atoms with E-state index >= 15 is 0 Å². The molecule has 0 radical (unpaired) electrons. The molecule has 20 heavy (non-hydrogen) atoms. The van der Waals surface area contributed by atoms with Crippen LogP contribution in [-0.2, 0) is 6.54 Å². The van der Waals surface area contributed by atoms with Crippen molar-refractivity contribution in [3.8, 4) is 0 Å². The van der Waals surface area contributed by atoms with Crippen molar-refractivity contribution >= 4 is 11.6 Å². The van der Waals surface area contributed by atoms with Gasteiger partial charge in [-0.15, -0.1) is 0 Å². The molecule has 2 atom stereocenters. The summed E-state index contributed by atoms with van der Waals surface area (Å²) in [6.45, 7) is 2.78. The van der Waals surface area contributed by atoms with Crippen LogP contribution in [0.15, 0.2) is 48.7 Å². The first-order valence-electron chi connectivity index (χ1n) is 6.72. The number of aromatic nitrogens is 1. The summed E-state index contributed by atoms with van der Waals surface area (Å²) in [4.78, 5) is 4.04. The molecule has 1 heterocycles. The highest BCUT2D eigenvalue weighted by molar-refractivity contribution is 6.29. The Morgan fingerprint density at radius 3 is 2.60 bits per heavy atom. The number of aliphatic hydroxyl groups is 1. The first-order chi connectivity index (χ1) is 9.65. The normalized spacial score (nSPS) is 13.9. The van der Waals surface area contributed by atoms with E-state index in [9.17, 15) is 5.11 Å². The topological polar surface area (TPSA) is 45.1 Å². The van der Waals surface area contributed by atoms with Crippen LogP contribution in [0.2, 0.25) is 5.15 Å². The third-order valence-electron chi connectivity index (χ3n) is 3.20. The molecule has 2 unspecified atom stereocenters. The van der Waals surface area contributed by atoms with Gasteiger partial charge in [0.15, 0.2) is 0 Å². The van der Waals surface area contributed by atoms with E-state index in [2.05, 4.69) is 17.2 Å². The molecule has 106 valence electrons. The van der Waals surface area contributed by atoms with Crippen molar-refractivity contribution in [1.82, 2.24) is 10.3 Å². The number of nitrogens with zero attached hydrogens (tertiary/aromatic N) is 1. The summed E-state index contributed by atoms with van der Waals surface area (Å²) in [6.07, 6.45) is 1.99. The van der Waals surface area contributed by atoms with Gasteiger partial charge < -0.3 is 10.4 Å². The molecule has 0 bridgehead atoms. The highest BCUT2D eigenvalue weighted by Gasteiger charge is 2.11. The van der Waals surface area contributed by atoms with Gasteiger partial charge in [-0.3, -0.25) is 0 Å². The zero-order chi connectivity index (χ0) is 14.4. The van der Waals surface area contributed by atoms with E-state index in [1.54, 1.807) is 12.3 Å². The fourth-order valence-corrected chi connectivity index (χ4v) is 2.14. The maximum absolute atomic E-state index is 10.2. The third kappa shape index (κ3) is 4.60. The second-order valence-electron chi connectivity index (χ2n) is 4.93. The van der Waals surface area contributed by atoms with Crippen LogP contribution in [0, 0.1) is 0 Å². The molecule has 1 aromatic carbocycles. The molecule has 0 saturated carbocycles. The summed E-state index contributed by atoms with van der Waals surface area (Å²) in [5, 5.41) is 14.0. The maximum Gasteiger partial charge on any atom is 0.129 e. The predicted octanol–water partition coefficient (Wildman–Crippen LogP) is 3.34. The molecule has 3 nitrogen and oxygen atoms in total. The average Bonchev–Trinajstić information content (AvgIpc) is 2.47. The molecule has 0 aliphatic heterocycles. The molecule has 2 N–H and O–H groups in total. The van der Waals surface area contributed by atoms with E-state index in [0.29, 0.717) is 18.1 Å². The van der Waals surface area contributed by atoms with Crippen LogP contribution in [0.3, 0.4) is 0 Å². The molecule has 1 aromatic heterocycles. The fraction of sp³-hybridized carbons (Fsp3) is 0.312. The van der Waals surface area contributed by atoms with E-state index < -0.39 is 6.10 Å². The van der Waals surface area contributed by atoms with Gasteiger partial charge in [-0.1, -0.05) is 48.0 Å². The fourth-order valence-electron chi connectivity index (χ4n) is 2.03. The Hall–Kier alpha value is -1.42. The van der Waals surface area contributed by atoms with E-state index in [1.165, 1.54) is 0 Å². The lowest BCUT2D eigenvalue weighted by Gasteiger charge is -2.18. The first-order valence-corrected chi connectivity index (χ1v) is 7.10. The van der Waals surface area contributed by atoms with Crippen LogP contribution in [0.1, 0.15) is 30.6 Å². The molecule has 0 fully saturated rings. The average molecular weight is 291 g/mol. The number of aliphatic hydroxyl groups excluding tert-OH is 1. The number of nitrogens with one attached hydrogen (secondary N) is 1. The largest absolute Gasteiger partial charge is 0.388 e. The molecule has 0 aliphatic rings. The summed E-state index contributed by atoms with van der Waals surface area (Å²) in [7, 11) is 0. The zero-order valence-corrected chi connectivity index (χ0v) is 12.2.